The zero-order valence-corrected chi connectivity index (χ0v) is 11.6. The summed E-state index contributed by atoms with van der Waals surface area (Å²) in [5.74, 6) is -0.810. The maximum Gasteiger partial charge on any atom is 0.310 e. The van der Waals surface area contributed by atoms with Crippen molar-refractivity contribution in [2.24, 2.45) is 5.41 Å². The molecule has 2 unspecified atom stereocenters. The predicted octanol–water partition coefficient (Wildman–Crippen LogP) is 2.45. The number of carbonyl (C=O) groups is 1. The highest BCUT2D eigenvalue weighted by atomic mass is 16.6. The summed E-state index contributed by atoms with van der Waals surface area (Å²) in [5, 5.41) is 20.3. The normalized spacial score (nSPS) is 24.5. The van der Waals surface area contributed by atoms with Crippen molar-refractivity contribution >= 4 is 11.7 Å². The van der Waals surface area contributed by atoms with Crippen LogP contribution >= 0.6 is 0 Å². The first-order valence-corrected chi connectivity index (χ1v) is 6.56. The quantitative estimate of drug-likeness (QED) is 0.675. The second kappa shape index (κ2) is 5.20. The third-order valence-electron chi connectivity index (χ3n) is 4.15. The minimum atomic E-state index is -0.810. The molecule has 108 valence electrons. The number of aliphatic carboxylic acids is 1. The van der Waals surface area contributed by atoms with E-state index in [1.165, 1.54) is 6.07 Å². The van der Waals surface area contributed by atoms with Gasteiger partial charge in [-0.2, -0.15) is 0 Å². The molecule has 0 spiro atoms. The second-order valence-corrected chi connectivity index (χ2v) is 5.58. The number of carboxylic acid groups (broad SMARTS) is 1. The van der Waals surface area contributed by atoms with Crippen molar-refractivity contribution in [2.45, 2.75) is 26.3 Å². The van der Waals surface area contributed by atoms with Crippen LogP contribution < -0.4 is 0 Å². The first kappa shape index (κ1) is 14.5. The third-order valence-corrected chi connectivity index (χ3v) is 4.15. The van der Waals surface area contributed by atoms with E-state index in [4.69, 9.17) is 0 Å². The van der Waals surface area contributed by atoms with Gasteiger partial charge in [0.25, 0.3) is 5.69 Å². The van der Waals surface area contributed by atoms with E-state index >= 15 is 0 Å². The molecule has 6 nitrogen and oxygen atoms in total. The first-order chi connectivity index (χ1) is 9.35. The summed E-state index contributed by atoms with van der Waals surface area (Å²) < 4.78 is 0. The molecule has 2 rings (SSSR count). The Morgan fingerprint density at radius 1 is 1.50 bits per heavy atom. The van der Waals surface area contributed by atoms with Gasteiger partial charge >= 0.3 is 5.97 Å². The fourth-order valence-corrected chi connectivity index (χ4v) is 2.71. The van der Waals surface area contributed by atoms with Crippen molar-refractivity contribution in [3.63, 3.8) is 0 Å². The molecule has 0 radical (unpaired) electrons. The number of rotatable bonds is 4. The highest BCUT2D eigenvalue weighted by Gasteiger charge is 2.42. The zero-order chi connectivity index (χ0) is 14.9. The van der Waals surface area contributed by atoms with Crippen molar-refractivity contribution < 1.29 is 14.8 Å². The molecule has 1 fully saturated rings. The van der Waals surface area contributed by atoms with Gasteiger partial charge in [-0.1, -0.05) is 18.2 Å². The van der Waals surface area contributed by atoms with Gasteiger partial charge in [0.05, 0.1) is 10.3 Å². The third kappa shape index (κ3) is 2.51. The van der Waals surface area contributed by atoms with Gasteiger partial charge in [0, 0.05) is 24.2 Å². The van der Waals surface area contributed by atoms with Gasteiger partial charge in [-0.15, -0.1) is 0 Å². The van der Waals surface area contributed by atoms with Gasteiger partial charge in [0.1, 0.15) is 0 Å². The average molecular weight is 278 g/mol. The monoisotopic (exact) mass is 278 g/mol. The fraction of sp³-hybridized carbons (Fsp3) is 0.500. The second-order valence-electron chi connectivity index (χ2n) is 5.58. The Balaban J connectivity index is 2.24. The van der Waals surface area contributed by atoms with Crippen LogP contribution in [0.4, 0.5) is 5.69 Å². The lowest BCUT2D eigenvalue weighted by atomic mass is 9.90. The minimum Gasteiger partial charge on any atom is -0.481 e. The van der Waals surface area contributed by atoms with Gasteiger partial charge in [-0.05, 0) is 26.8 Å². The molecule has 1 heterocycles. The minimum absolute atomic E-state index is 0.0870. The maximum atomic E-state index is 11.3. The number of likely N-dealkylation sites (tertiary alicyclic amines) is 1. The summed E-state index contributed by atoms with van der Waals surface area (Å²) in [6.45, 7) is 4.66. The molecule has 1 aromatic rings. The van der Waals surface area contributed by atoms with Crippen LogP contribution in [-0.2, 0) is 4.79 Å². The van der Waals surface area contributed by atoms with Crippen molar-refractivity contribution in [1.29, 1.82) is 0 Å². The maximum absolute atomic E-state index is 11.3. The summed E-state index contributed by atoms with van der Waals surface area (Å²) in [7, 11) is 0. The van der Waals surface area contributed by atoms with E-state index in [-0.39, 0.29) is 11.7 Å². The van der Waals surface area contributed by atoms with Crippen molar-refractivity contribution in [3.8, 4) is 0 Å². The molecule has 0 bridgehead atoms. The van der Waals surface area contributed by atoms with Crippen LogP contribution in [0.3, 0.4) is 0 Å². The summed E-state index contributed by atoms with van der Waals surface area (Å²) in [6.07, 6.45) is 0.563. The number of para-hydroxylation sites is 1. The summed E-state index contributed by atoms with van der Waals surface area (Å²) in [4.78, 5) is 23.9. The lowest BCUT2D eigenvalue weighted by Crippen LogP contribution is -2.33. The Hall–Kier alpha value is -1.95. The molecule has 1 saturated heterocycles. The predicted molar refractivity (Wildman–Crippen MR) is 73.4 cm³/mol. The number of carboxylic acids is 1. The molecular weight excluding hydrogens is 260 g/mol. The zero-order valence-electron chi connectivity index (χ0n) is 11.6. The summed E-state index contributed by atoms with van der Waals surface area (Å²) >= 11 is 0. The van der Waals surface area contributed by atoms with Gasteiger partial charge in [-0.25, -0.2) is 0 Å². The highest BCUT2D eigenvalue weighted by molar-refractivity contribution is 5.74. The Morgan fingerprint density at radius 3 is 2.70 bits per heavy atom. The van der Waals surface area contributed by atoms with Crippen LogP contribution in [0.25, 0.3) is 0 Å². The van der Waals surface area contributed by atoms with Crippen molar-refractivity contribution in [1.82, 2.24) is 4.90 Å². The summed E-state index contributed by atoms with van der Waals surface area (Å²) in [6, 6.07) is 6.46. The van der Waals surface area contributed by atoms with Gasteiger partial charge in [-0.3, -0.25) is 19.8 Å². The molecule has 1 aliphatic rings. The number of nitro benzene ring substituents is 1. The van der Waals surface area contributed by atoms with E-state index in [0.717, 1.165) is 0 Å². The lowest BCUT2D eigenvalue weighted by molar-refractivity contribution is -0.386. The van der Waals surface area contributed by atoms with Crippen LogP contribution in [0.2, 0.25) is 0 Å². The number of hydrogen-bond acceptors (Lipinski definition) is 4. The van der Waals surface area contributed by atoms with Gasteiger partial charge in [0.2, 0.25) is 0 Å². The molecule has 1 N–H and O–H groups in total. The summed E-state index contributed by atoms with van der Waals surface area (Å²) in [5.41, 5.74) is -0.0475. The van der Waals surface area contributed by atoms with Crippen LogP contribution in [0.5, 0.6) is 0 Å². The van der Waals surface area contributed by atoms with Crippen molar-refractivity contribution in [2.75, 3.05) is 13.1 Å². The molecule has 1 aromatic carbocycles. The molecular formula is C14H18N2O4. The van der Waals surface area contributed by atoms with Crippen LogP contribution in [0.15, 0.2) is 24.3 Å². The van der Waals surface area contributed by atoms with Crippen LogP contribution in [-0.4, -0.2) is 34.0 Å². The van der Waals surface area contributed by atoms with E-state index < -0.39 is 16.3 Å². The molecule has 0 aromatic heterocycles. The highest BCUT2D eigenvalue weighted by Crippen LogP contribution is 2.37. The average Bonchev–Trinajstić information content (AvgIpc) is 2.82. The van der Waals surface area contributed by atoms with Crippen LogP contribution in [0, 0.1) is 15.5 Å². The standard InChI is InChI=1S/C14H18N2O4/c1-10(11-5-3-4-6-12(11)16(19)20)15-8-7-14(2,9-15)13(17)18/h3-6,10H,7-9H2,1-2H3,(H,17,18). The Kier molecular flexibility index (Phi) is 3.76. The number of hydrogen-bond donors (Lipinski definition) is 1. The Bertz CT molecular complexity index is 546. The van der Waals surface area contributed by atoms with E-state index in [1.807, 2.05) is 11.8 Å². The van der Waals surface area contributed by atoms with Crippen molar-refractivity contribution in [3.05, 3.63) is 39.9 Å². The SMILES string of the molecule is CC(c1ccccc1[N+](=O)[O-])N1CCC(C)(C(=O)O)C1. The molecule has 2 atom stereocenters. The van der Waals surface area contributed by atoms with Gasteiger partial charge < -0.3 is 5.11 Å². The molecule has 20 heavy (non-hydrogen) atoms. The number of nitro groups is 1. The van der Waals surface area contributed by atoms with Gasteiger partial charge in [0.15, 0.2) is 0 Å². The fourth-order valence-electron chi connectivity index (χ4n) is 2.71. The van der Waals surface area contributed by atoms with Crippen LogP contribution in [0.1, 0.15) is 31.9 Å². The first-order valence-electron chi connectivity index (χ1n) is 6.56. The van der Waals surface area contributed by atoms with E-state index in [2.05, 4.69) is 0 Å². The molecule has 6 heteroatoms. The van der Waals surface area contributed by atoms with E-state index in [9.17, 15) is 20.0 Å². The topological polar surface area (TPSA) is 83.7 Å². The lowest BCUT2D eigenvalue weighted by Gasteiger charge is -2.26. The Labute approximate surface area is 117 Å². The molecule has 1 aliphatic heterocycles. The molecule has 0 aliphatic carbocycles. The van der Waals surface area contributed by atoms with E-state index in [0.29, 0.717) is 25.1 Å². The Morgan fingerprint density at radius 2 is 2.15 bits per heavy atom. The largest absolute Gasteiger partial charge is 0.481 e. The number of nitrogens with zero attached hydrogens (tertiary/aromatic N) is 2. The number of benzene rings is 1. The molecule has 0 saturated carbocycles. The molecule has 0 amide bonds. The van der Waals surface area contributed by atoms with E-state index in [1.54, 1.807) is 25.1 Å². The smallest absolute Gasteiger partial charge is 0.310 e.